The molecule has 2 aromatic heterocycles. The van der Waals surface area contributed by atoms with E-state index >= 15 is 0 Å². The smallest absolute Gasteiger partial charge is 0.269 e. The van der Waals surface area contributed by atoms with Gasteiger partial charge in [0, 0.05) is 64.2 Å². The number of aromatic amines is 2. The molecule has 0 fully saturated rings. The quantitative estimate of drug-likeness (QED) is 0.107. The fraction of sp³-hybridized carbons (Fsp3) is 0.0323. The second kappa shape index (κ2) is 9.46. The summed E-state index contributed by atoms with van der Waals surface area (Å²) in [5.74, 6) is -0.271. The molecule has 0 saturated heterocycles. The van der Waals surface area contributed by atoms with Crippen molar-refractivity contribution in [3.8, 4) is 0 Å². The Hall–Kier alpha value is -3.21. The zero-order valence-electron chi connectivity index (χ0n) is 20.1. The first kappa shape index (κ1) is 24.8. The third-order valence-electron chi connectivity index (χ3n) is 7.40. The molecule has 39 heavy (non-hydrogen) atoms. The van der Waals surface area contributed by atoms with E-state index in [9.17, 15) is 10.1 Å². The van der Waals surface area contributed by atoms with Crippen LogP contribution < -0.4 is 0 Å². The van der Waals surface area contributed by atoms with Crippen molar-refractivity contribution in [2.75, 3.05) is 0 Å². The van der Waals surface area contributed by atoms with E-state index in [2.05, 4.69) is 101 Å². The molecule has 0 aliphatic heterocycles. The van der Waals surface area contributed by atoms with Crippen LogP contribution >= 0.6 is 54.5 Å². The number of fused-ring (bicyclic) bond motifs is 5. The summed E-state index contributed by atoms with van der Waals surface area (Å²) in [7, 11) is 0. The molecule has 0 amide bonds. The van der Waals surface area contributed by atoms with Crippen LogP contribution in [0.4, 0.5) is 5.69 Å². The molecular weight excluding hydrogens is 733 g/mol. The van der Waals surface area contributed by atoms with E-state index in [4.69, 9.17) is 0 Å². The minimum Gasteiger partial charge on any atom is -0.361 e. The number of H-pyrrole nitrogens is 2. The van der Waals surface area contributed by atoms with Gasteiger partial charge >= 0.3 is 0 Å². The number of nitro groups is 1. The van der Waals surface area contributed by atoms with Crippen molar-refractivity contribution < 1.29 is 4.92 Å². The number of nitro benzene ring substituents is 1. The molecule has 1 aliphatic carbocycles. The molecule has 5 nitrogen and oxygen atoms in total. The van der Waals surface area contributed by atoms with Crippen molar-refractivity contribution in [1.82, 2.24) is 9.97 Å². The van der Waals surface area contributed by atoms with Gasteiger partial charge in [-0.3, -0.25) is 10.1 Å². The maximum Gasteiger partial charge on any atom is 0.269 e. The first-order chi connectivity index (χ1) is 18.9. The van der Waals surface area contributed by atoms with Crippen molar-refractivity contribution in [1.29, 1.82) is 0 Å². The molecule has 0 bridgehead atoms. The molecule has 0 spiro atoms. The van der Waals surface area contributed by atoms with Crippen molar-refractivity contribution in [2.45, 2.75) is 5.92 Å². The number of nitrogens with one attached hydrogen (secondary N) is 2. The highest BCUT2D eigenvalue weighted by Gasteiger charge is 2.35. The fourth-order valence-corrected chi connectivity index (χ4v) is 7.53. The Bertz CT molecular complexity index is 1990. The predicted octanol–water partition coefficient (Wildman–Crippen LogP) is 9.93. The highest BCUT2D eigenvalue weighted by atomic mass is 127. The molecule has 6 aromatic rings. The average Bonchev–Trinajstić information content (AvgIpc) is 3.48. The summed E-state index contributed by atoms with van der Waals surface area (Å²) in [5, 5.41) is 14.2. The Morgan fingerprint density at radius 2 is 1.54 bits per heavy atom. The van der Waals surface area contributed by atoms with Gasteiger partial charge in [-0.15, -0.1) is 0 Å². The third-order valence-corrected chi connectivity index (χ3v) is 9.51. The van der Waals surface area contributed by atoms with Crippen LogP contribution in [0.2, 0.25) is 0 Å². The standard InChI is InChI=1S/C31H18Br2IN3O2/c32-17-6-10-25-21(12-17)24(15-35-25)28-22-14-19(37(38)39)8-9-20(22)30(34)27(16-4-2-1-3-5-16)31-29(28)23-13-18(33)7-11-26(23)36-31/h1-15,28,35-36H. The fourth-order valence-electron chi connectivity index (χ4n) is 5.74. The summed E-state index contributed by atoms with van der Waals surface area (Å²) in [6.45, 7) is 0. The third kappa shape index (κ3) is 3.99. The zero-order valence-corrected chi connectivity index (χ0v) is 25.5. The maximum absolute atomic E-state index is 12.0. The molecule has 1 aliphatic rings. The van der Waals surface area contributed by atoms with Crippen LogP contribution in [0.5, 0.6) is 0 Å². The number of aromatic nitrogens is 2. The molecule has 1 unspecified atom stereocenters. The number of halogens is 3. The maximum atomic E-state index is 12.0. The summed E-state index contributed by atoms with van der Waals surface area (Å²) >= 11 is 9.75. The Morgan fingerprint density at radius 3 is 2.28 bits per heavy atom. The summed E-state index contributed by atoms with van der Waals surface area (Å²) in [4.78, 5) is 18.9. The molecule has 8 heteroatoms. The Labute approximate surface area is 253 Å². The molecule has 0 saturated carbocycles. The summed E-state index contributed by atoms with van der Waals surface area (Å²) in [6, 6.07) is 28.0. The highest BCUT2D eigenvalue weighted by Crippen LogP contribution is 2.52. The summed E-state index contributed by atoms with van der Waals surface area (Å²) < 4.78 is 2.99. The van der Waals surface area contributed by atoms with Gasteiger partial charge < -0.3 is 9.97 Å². The van der Waals surface area contributed by atoms with Crippen LogP contribution in [0.3, 0.4) is 0 Å². The number of hydrogen-bond acceptors (Lipinski definition) is 2. The van der Waals surface area contributed by atoms with Crippen LogP contribution in [-0.4, -0.2) is 14.9 Å². The van der Waals surface area contributed by atoms with E-state index in [0.717, 1.165) is 73.4 Å². The summed E-state index contributed by atoms with van der Waals surface area (Å²) in [5.41, 5.74) is 9.34. The van der Waals surface area contributed by atoms with Gasteiger partial charge in [0.25, 0.3) is 5.69 Å². The Morgan fingerprint density at radius 1 is 0.821 bits per heavy atom. The predicted molar refractivity (Wildman–Crippen MR) is 172 cm³/mol. The lowest BCUT2D eigenvalue weighted by Gasteiger charge is -2.20. The topological polar surface area (TPSA) is 74.7 Å². The highest BCUT2D eigenvalue weighted by molar-refractivity contribution is 14.1. The van der Waals surface area contributed by atoms with Gasteiger partial charge in [-0.2, -0.15) is 0 Å². The normalized spacial score (nSPS) is 14.9. The van der Waals surface area contributed by atoms with Crippen LogP contribution in [0, 0.1) is 10.1 Å². The molecule has 4 aromatic carbocycles. The lowest BCUT2D eigenvalue weighted by molar-refractivity contribution is -0.384. The minimum atomic E-state index is -0.310. The van der Waals surface area contributed by atoms with Gasteiger partial charge in [0.05, 0.1) is 10.6 Å². The van der Waals surface area contributed by atoms with E-state index in [1.807, 2.05) is 42.6 Å². The first-order valence-electron chi connectivity index (χ1n) is 12.2. The summed E-state index contributed by atoms with van der Waals surface area (Å²) in [6.07, 6.45) is 2.05. The molecule has 2 N–H and O–H groups in total. The number of non-ortho nitro benzene ring substituents is 1. The lowest BCUT2D eigenvalue weighted by atomic mass is 9.82. The van der Waals surface area contributed by atoms with E-state index < -0.39 is 0 Å². The lowest BCUT2D eigenvalue weighted by Crippen LogP contribution is -2.06. The molecule has 7 rings (SSSR count). The Balaban J connectivity index is 1.68. The number of nitrogens with zero attached hydrogens (tertiary/aromatic N) is 1. The first-order valence-corrected chi connectivity index (χ1v) is 14.9. The van der Waals surface area contributed by atoms with Gasteiger partial charge in [-0.05, 0) is 92.9 Å². The van der Waals surface area contributed by atoms with Crippen molar-refractivity contribution in [3.05, 3.63) is 144 Å². The van der Waals surface area contributed by atoms with E-state index in [1.165, 1.54) is 0 Å². The molecule has 2 heterocycles. The van der Waals surface area contributed by atoms with Gasteiger partial charge in [-0.1, -0.05) is 62.2 Å². The number of benzene rings is 4. The SMILES string of the molecule is O=[N+]([O-])c1ccc2c(c1)C(c1c[nH]c3ccc(Br)cc13)c1c([nH]c3ccc(Br)cc13)C(c1ccccc1)=C2I. The molecule has 190 valence electrons. The monoisotopic (exact) mass is 749 g/mol. The second-order valence-corrected chi connectivity index (χ2v) is 12.5. The van der Waals surface area contributed by atoms with Crippen molar-refractivity contribution in [3.63, 3.8) is 0 Å². The van der Waals surface area contributed by atoms with Crippen LogP contribution in [0.1, 0.15) is 39.4 Å². The molecular formula is C31H18Br2IN3O2. The van der Waals surface area contributed by atoms with Crippen molar-refractivity contribution in [2.24, 2.45) is 0 Å². The van der Waals surface area contributed by atoms with Gasteiger partial charge in [0.15, 0.2) is 0 Å². The molecule has 1 atom stereocenters. The van der Waals surface area contributed by atoms with E-state index in [0.29, 0.717) is 0 Å². The minimum absolute atomic E-state index is 0.0784. The van der Waals surface area contributed by atoms with Gasteiger partial charge in [-0.25, -0.2) is 0 Å². The van der Waals surface area contributed by atoms with Crippen LogP contribution in [0.25, 0.3) is 31.0 Å². The van der Waals surface area contributed by atoms with Gasteiger partial charge in [0.2, 0.25) is 0 Å². The van der Waals surface area contributed by atoms with E-state index in [1.54, 1.807) is 12.1 Å². The number of hydrogen-bond donors (Lipinski definition) is 2. The second-order valence-electron chi connectivity index (χ2n) is 9.55. The van der Waals surface area contributed by atoms with Crippen LogP contribution in [-0.2, 0) is 0 Å². The number of rotatable bonds is 3. The Kier molecular flexibility index (Phi) is 6.02. The molecule has 0 radical (unpaired) electrons. The van der Waals surface area contributed by atoms with Crippen molar-refractivity contribution >= 4 is 91.1 Å². The van der Waals surface area contributed by atoms with Gasteiger partial charge in [0.1, 0.15) is 0 Å². The zero-order chi connectivity index (χ0) is 26.8. The largest absolute Gasteiger partial charge is 0.361 e. The van der Waals surface area contributed by atoms with E-state index in [-0.39, 0.29) is 16.5 Å². The average molecular weight is 751 g/mol. The van der Waals surface area contributed by atoms with Crippen LogP contribution in [0.15, 0.2) is 100 Å².